The molecule has 2 N–H and O–H groups in total. The van der Waals surface area contributed by atoms with Crippen molar-refractivity contribution in [2.24, 2.45) is 0 Å². The summed E-state index contributed by atoms with van der Waals surface area (Å²) in [5.74, 6) is -1.43. The van der Waals surface area contributed by atoms with Crippen LogP contribution in [-0.4, -0.2) is 11.1 Å². The summed E-state index contributed by atoms with van der Waals surface area (Å²) < 4.78 is 13.1. The maximum Gasteiger partial charge on any atom is 0.307 e. The molecule has 0 saturated heterocycles. The van der Waals surface area contributed by atoms with Crippen molar-refractivity contribution in [2.75, 3.05) is 5.32 Å². The van der Waals surface area contributed by atoms with Gasteiger partial charge in [-0.1, -0.05) is 18.2 Å². The normalized spacial score (nSPS) is 10.1. The lowest BCUT2D eigenvalue weighted by atomic mass is 10.1. The lowest BCUT2D eigenvalue weighted by molar-refractivity contribution is -0.136. The highest BCUT2D eigenvalue weighted by atomic mass is 19.1. The number of carboxylic acids is 1. The first-order valence-corrected chi connectivity index (χ1v) is 5.47. The van der Waals surface area contributed by atoms with Gasteiger partial charge in [0.1, 0.15) is 5.82 Å². The lowest BCUT2D eigenvalue weighted by Gasteiger charge is -2.11. The summed E-state index contributed by atoms with van der Waals surface area (Å²) in [6, 6.07) is 13.4. The molecule has 0 aromatic heterocycles. The minimum absolute atomic E-state index is 0.215. The van der Waals surface area contributed by atoms with E-state index in [4.69, 9.17) is 5.11 Å². The zero-order chi connectivity index (χ0) is 13.0. The molecule has 92 valence electrons. The van der Waals surface area contributed by atoms with E-state index >= 15 is 0 Å². The van der Waals surface area contributed by atoms with Crippen LogP contribution >= 0.6 is 0 Å². The molecule has 0 spiro atoms. The maximum absolute atomic E-state index is 13.1. The average Bonchev–Trinajstić information content (AvgIpc) is 2.33. The van der Waals surface area contributed by atoms with Crippen molar-refractivity contribution < 1.29 is 14.3 Å². The molecule has 0 heterocycles. The zero-order valence-electron chi connectivity index (χ0n) is 9.56. The molecule has 0 radical (unpaired) electrons. The number of rotatable bonds is 4. The van der Waals surface area contributed by atoms with E-state index in [0.29, 0.717) is 11.3 Å². The molecule has 0 bridgehead atoms. The van der Waals surface area contributed by atoms with Gasteiger partial charge in [-0.2, -0.15) is 0 Å². The second-order valence-corrected chi connectivity index (χ2v) is 3.86. The van der Waals surface area contributed by atoms with E-state index < -0.39 is 11.8 Å². The number of hydrogen-bond donors (Lipinski definition) is 2. The van der Waals surface area contributed by atoms with Gasteiger partial charge in [0.05, 0.1) is 6.42 Å². The standard InChI is InChI=1S/C14H12FNO2/c15-11-6-7-13(10(8-11)9-14(17)18)16-12-4-2-1-3-5-12/h1-8,16H,9H2,(H,17,18). The van der Waals surface area contributed by atoms with E-state index in [1.807, 2.05) is 30.3 Å². The number of carbonyl (C=O) groups is 1. The fourth-order valence-corrected chi connectivity index (χ4v) is 1.67. The second-order valence-electron chi connectivity index (χ2n) is 3.86. The average molecular weight is 245 g/mol. The molecule has 2 aromatic rings. The summed E-state index contributed by atoms with van der Waals surface area (Å²) in [6.45, 7) is 0. The quantitative estimate of drug-likeness (QED) is 0.869. The molecule has 0 aliphatic heterocycles. The van der Waals surface area contributed by atoms with Gasteiger partial charge in [-0.3, -0.25) is 4.79 Å². The Kier molecular flexibility index (Phi) is 3.57. The first-order chi connectivity index (χ1) is 8.65. The summed E-state index contributed by atoms with van der Waals surface area (Å²) >= 11 is 0. The Labute approximate surface area is 104 Å². The second kappa shape index (κ2) is 5.31. The summed E-state index contributed by atoms with van der Waals surface area (Å²) in [7, 11) is 0. The number of benzene rings is 2. The first-order valence-electron chi connectivity index (χ1n) is 5.47. The molecule has 2 rings (SSSR count). The molecule has 3 nitrogen and oxygen atoms in total. The molecular weight excluding hydrogens is 233 g/mol. The van der Waals surface area contributed by atoms with Crippen molar-refractivity contribution in [3.05, 3.63) is 59.9 Å². The fraction of sp³-hybridized carbons (Fsp3) is 0.0714. The number of anilines is 2. The summed E-state index contributed by atoms with van der Waals surface area (Å²) in [6.07, 6.45) is -0.215. The van der Waals surface area contributed by atoms with Crippen LogP contribution in [0.3, 0.4) is 0 Å². The Balaban J connectivity index is 2.29. The Bertz CT molecular complexity index is 555. The monoisotopic (exact) mass is 245 g/mol. The first kappa shape index (κ1) is 12.1. The largest absolute Gasteiger partial charge is 0.481 e. The van der Waals surface area contributed by atoms with Gasteiger partial charge in [-0.05, 0) is 35.9 Å². The van der Waals surface area contributed by atoms with Crippen molar-refractivity contribution in [1.29, 1.82) is 0 Å². The SMILES string of the molecule is O=C(O)Cc1cc(F)ccc1Nc1ccccc1. The van der Waals surface area contributed by atoms with Crippen LogP contribution in [0, 0.1) is 5.82 Å². The molecule has 18 heavy (non-hydrogen) atoms. The van der Waals surface area contributed by atoms with E-state index in [-0.39, 0.29) is 6.42 Å². The van der Waals surface area contributed by atoms with Gasteiger partial charge in [0, 0.05) is 11.4 Å². The molecule has 0 saturated carbocycles. The molecule has 0 aliphatic rings. The van der Waals surface area contributed by atoms with Gasteiger partial charge in [0.15, 0.2) is 0 Å². The van der Waals surface area contributed by atoms with E-state index in [1.54, 1.807) is 6.07 Å². The van der Waals surface area contributed by atoms with E-state index in [2.05, 4.69) is 5.32 Å². The van der Waals surface area contributed by atoms with Crippen LogP contribution in [0.5, 0.6) is 0 Å². The van der Waals surface area contributed by atoms with Gasteiger partial charge in [0.25, 0.3) is 0 Å². The van der Waals surface area contributed by atoms with Crippen molar-refractivity contribution >= 4 is 17.3 Å². The predicted molar refractivity (Wildman–Crippen MR) is 67.5 cm³/mol. The van der Waals surface area contributed by atoms with Crippen molar-refractivity contribution in [2.45, 2.75) is 6.42 Å². The fourth-order valence-electron chi connectivity index (χ4n) is 1.67. The minimum atomic E-state index is -0.989. The highest BCUT2D eigenvalue weighted by Gasteiger charge is 2.08. The lowest BCUT2D eigenvalue weighted by Crippen LogP contribution is -2.04. The zero-order valence-corrected chi connectivity index (χ0v) is 9.56. The maximum atomic E-state index is 13.1. The molecule has 0 amide bonds. The van der Waals surface area contributed by atoms with Crippen molar-refractivity contribution in [3.8, 4) is 0 Å². The van der Waals surface area contributed by atoms with E-state index in [1.165, 1.54) is 12.1 Å². The van der Waals surface area contributed by atoms with Crippen LogP contribution in [0.15, 0.2) is 48.5 Å². The number of hydrogen-bond acceptors (Lipinski definition) is 2. The Morgan fingerprint density at radius 2 is 1.89 bits per heavy atom. The van der Waals surface area contributed by atoms with E-state index in [0.717, 1.165) is 5.69 Å². The summed E-state index contributed by atoms with van der Waals surface area (Å²) in [4.78, 5) is 10.7. The van der Waals surface area contributed by atoms with Crippen LogP contribution < -0.4 is 5.32 Å². The van der Waals surface area contributed by atoms with Crippen LogP contribution in [0.2, 0.25) is 0 Å². The molecule has 0 unspecified atom stereocenters. The van der Waals surface area contributed by atoms with E-state index in [9.17, 15) is 9.18 Å². The number of carboxylic acid groups (broad SMARTS) is 1. The van der Waals surface area contributed by atoms with Crippen molar-refractivity contribution in [1.82, 2.24) is 0 Å². The van der Waals surface area contributed by atoms with Crippen LogP contribution in [0.1, 0.15) is 5.56 Å². The molecule has 4 heteroatoms. The Hall–Kier alpha value is -2.36. The highest BCUT2D eigenvalue weighted by molar-refractivity contribution is 5.75. The van der Waals surface area contributed by atoms with Gasteiger partial charge in [0.2, 0.25) is 0 Å². The minimum Gasteiger partial charge on any atom is -0.481 e. The molecule has 0 atom stereocenters. The van der Waals surface area contributed by atoms with Crippen LogP contribution in [0.25, 0.3) is 0 Å². The number of para-hydroxylation sites is 1. The molecule has 0 fully saturated rings. The molecular formula is C14H12FNO2. The predicted octanol–water partition coefficient (Wildman–Crippen LogP) is 3.20. The topological polar surface area (TPSA) is 49.3 Å². The van der Waals surface area contributed by atoms with Crippen molar-refractivity contribution in [3.63, 3.8) is 0 Å². The number of nitrogens with one attached hydrogen (secondary N) is 1. The van der Waals surface area contributed by atoms with Crippen LogP contribution in [-0.2, 0) is 11.2 Å². The Morgan fingerprint density at radius 3 is 2.56 bits per heavy atom. The molecule has 0 aliphatic carbocycles. The number of aliphatic carboxylic acids is 1. The van der Waals surface area contributed by atoms with Gasteiger partial charge < -0.3 is 10.4 Å². The van der Waals surface area contributed by atoms with Gasteiger partial charge in [-0.25, -0.2) is 4.39 Å². The molecule has 2 aromatic carbocycles. The van der Waals surface area contributed by atoms with Gasteiger partial charge in [-0.15, -0.1) is 0 Å². The smallest absolute Gasteiger partial charge is 0.307 e. The third-order valence-electron chi connectivity index (χ3n) is 2.46. The highest BCUT2D eigenvalue weighted by Crippen LogP contribution is 2.22. The third kappa shape index (κ3) is 3.07. The van der Waals surface area contributed by atoms with Gasteiger partial charge >= 0.3 is 5.97 Å². The summed E-state index contributed by atoms with van der Waals surface area (Å²) in [5, 5.41) is 11.9. The third-order valence-corrected chi connectivity index (χ3v) is 2.46. The van der Waals surface area contributed by atoms with Crippen LogP contribution in [0.4, 0.5) is 15.8 Å². The Morgan fingerprint density at radius 1 is 1.17 bits per heavy atom. The number of halogens is 1. The summed E-state index contributed by atoms with van der Waals surface area (Å²) in [5.41, 5.74) is 1.85.